The molecule has 10 heteroatoms. The molecule has 1 amide bonds. The number of ether oxygens (including phenoxy) is 2. The highest BCUT2D eigenvalue weighted by Gasteiger charge is 2.72. The first-order valence-corrected chi connectivity index (χ1v) is 10.4. The molecule has 0 aromatic heterocycles. The number of allylic oxidation sites excluding steroid dienone is 2. The van der Waals surface area contributed by atoms with E-state index in [4.69, 9.17) is 15.2 Å². The van der Waals surface area contributed by atoms with Gasteiger partial charge in [0.05, 0.1) is 23.4 Å². The molecule has 2 fully saturated rings. The van der Waals surface area contributed by atoms with Crippen LogP contribution in [0.15, 0.2) is 51.7 Å². The van der Waals surface area contributed by atoms with Crippen molar-refractivity contribution in [1.82, 2.24) is 10.2 Å². The number of ketones is 2. The molecule has 0 saturated carbocycles. The summed E-state index contributed by atoms with van der Waals surface area (Å²) in [5, 5.41) is 6.42. The fourth-order valence-electron chi connectivity index (χ4n) is 5.13. The van der Waals surface area contributed by atoms with Crippen molar-refractivity contribution in [3.05, 3.63) is 46.8 Å². The fourth-order valence-corrected chi connectivity index (χ4v) is 5.28. The summed E-state index contributed by atoms with van der Waals surface area (Å²) in [4.78, 5) is 41.1. The van der Waals surface area contributed by atoms with Crippen LogP contribution in [-0.2, 0) is 19.1 Å². The summed E-state index contributed by atoms with van der Waals surface area (Å²) in [7, 11) is 1.54. The number of amides is 1. The van der Waals surface area contributed by atoms with Gasteiger partial charge in [-0.05, 0) is 31.2 Å². The van der Waals surface area contributed by atoms with Gasteiger partial charge in [0.2, 0.25) is 11.6 Å². The lowest BCUT2D eigenvalue weighted by Gasteiger charge is -2.39. The number of thiol groups is 1. The number of nitrogens with two attached hydrogens (primary N) is 1. The van der Waals surface area contributed by atoms with Gasteiger partial charge in [-0.15, -0.1) is 12.6 Å². The van der Waals surface area contributed by atoms with Gasteiger partial charge in [0.25, 0.3) is 0 Å². The van der Waals surface area contributed by atoms with Gasteiger partial charge >= 0.3 is 6.09 Å². The zero-order valence-electron chi connectivity index (χ0n) is 17.0. The highest BCUT2D eigenvalue weighted by atomic mass is 32.1. The average Bonchev–Trinajstić information content (AvgIpc) is 3.35. The lowest BCUT2D eigenvalue weighted by molar-refractivity contribution is -0.137. The Morgan fingerprint density at radius 1 is 1.32 bits per heavy atom. The maximum absolute atomic E-state index is 13.7. The van der Waals surface area contributed by atoms with Crippen LogP contribution in [0.2, 0.25) is 0 Å². The third-order valence-corrected chi connectivity index (χ3v) is 6.86. The van der Waals surface area contributed by atoms with E-state index in [-0.39, 0.29) is 36.0 Å². The molecule has 0 radical (unpaired) electrons. The normalized spacial score (nSPS) is 30.9. The summed E-state index contributed by atoms with van der Waals surface area (Å²) in [6, 6.07) is 7.20. The first-order valence-electron chi connectivity index (χ1n) is 9.91. The van der Waals surface area contributed by atoms with Crippen LogP contribution in [0.1, 0.15) is 6.92 Å². The van der Waals surface area contributed by atoms with E-state index in [1.807, 2.05) is 4.90 Å². The highest BCUT2D eigenvalue weighted by Crippen LogP contribution is 2.55. The lowest BCUT2D eigenvalue weighted by atomic mass is 9.82. The van der Waals surface area contributed by atoms with Crippen molar-refractivity contribution in [3.8, 4) is 0 Å². The minimum absolute atomic E-state index is 0.0789. The topological polar surface area (TPSA) is 133 Å². The molecule has 1 aromatic carbocycles. The summed E-state index contributed by atoms with van der Waals surface area (Å²) in [6.45, 7) is 2.00. The molecule has 162 valence electrons. The van der Waals surface area contributed by atoms with Crippen molar-refractivity contribution in [1.29, 1.82) is 0 Å². The zero-order chi connectivity index (χ0) is 22.1. The number of nitrogens with one attached hydrogen (secondary N) is 2. The van der Waals surface area contributed by atoms with Crippen molar-refractivity contribution >= 4 is 36.0 Å². The van der Waals surface area contributed by atoms with E-state index >= 15 is 0 Å². The molecule has 0 bridgehead atoms. The minimum Gasteiger partial charge on any atom is -0.449 e. The second-order valence-corrected chi connectivity index (χ2v) is 8.61. The molecular weight excluding hydrogens is 420 g/mol. The minimum atomic E-state index is -0.987. The molecule has 1 aromatic rings. The summed E-state index contributed by atoms with van der Waals surface area (Å²) in [5.74, 6) is -1.22. The smallest absolute Gasteiger partial charge is 0.404 e. The molecule has 4 atom stereocenters. The van der Waals surface area contributed by atoms with Crippen LogP contribution >= 0.6 is 12.6 Å². The third kappa shape index (κ3) is 2.75. The summed E-state index contributed by atoms with van der Waals surface area (Å²) in [6.07, 6.45) is -0.948. The molecule has 0 spiro atoms. The zero-order valence-corrected chi connectivity index (χ0v) is 17.9. The summed E-state index contributed by atoms with van der Waals surface area (Å²) in [5.41, 5.74) is 6.02. The Morgan fingerprint density at radius 3 is 2.68 bits per heavy atom. The number of carbonyl (C=O) groups is 3. The van der Waals surface area contributed by atoms with Crippen molar-refractivity contribution in [2.24, 2.45) is 11.7 Å². The van der Waals surface area contributed by atoms with E-state index in [0.29, 0.717) is 29.1 Å². The number of hydrogen-bond donors (Lipinski definition) is 4. The maximum atomic E-state index is 13.7. The van der Waals surface area contributed by atoms with Crippen LogP contribution in [-0.4, -0.2) is 60.6 Å². The molecule has 5 rings (SSSR count). The van der Waals surface area contributed by atoms with Gasteiger partial charge in [0, 0.05) is 41.4 Å². The van der Waals surface area contributed by atoms with Crippen molar-refractivity contribution < 1.29 is 23.9 Å². The van der Waals surface area contributed by atoms with Gasteiger partial charge in [-0.3, -0.25) is 9.59 Å². The molecule has 4 N–H and O–H groups in total. The van der Waals surface area contributed by atoms with E-state index in [2.05, 4.69) is 23.3 Å². The van der Waals surface area contributed by atoms with Crippen LogP contribution < -0.4 is 16.4 Å². The molecule has 1 unspecified atom stereocenters. The summed E-state index contributed by atoms with van der Waals surface area (Å²) >= 11 is 4.27. The van der Waals surface area contributed by atoms with Gasteiger partial charge in [-0.2, -0.15) is 0 Å². The predicted molar refractivity (Wildman–Crippen MR) is 113 cm³/mol. The Labute approximate surface area is 184 Å². The number of Topliss-reactive ketones (excluding diaryl/α,β-unsaturated/α-hetero) is 2. The van der Waals surface area contributed by atoms with Crippen LogP contribution in [0.4, 0.5) is 10.5 Å². The first-order chi connectivity index (χ1) is 14.8. The largest absolute Gasteiger partial charge is 0.449 e. The van der Waals surface area contributed by atoms with E-state index in [9.17, 15) is 14.4 Å². The second-order valence-electron chi connectivity index (χ2n) is 8.09. The van der Waals surface area contributed by atoms with Crippen LogP contribution in [0, 0.1) is 5.92 Å². The molecule has 2 saturated heterocycles. The third-order valence-electron chi connectivity index (χ3n) is 6.56. The Hall–Kier alpha value is -2.82. The Balaban J connectivity index is 1.56. The molecule has 3 aliphatic heterocycles. The van der Waals surface area contributed by atoms with Gasteiger partial charge in [-0.1, -0.05) is 0 Å². The Kier molecular flexibility index (Phi) is 4.44. The Morgan fingerprint density at radius 2 is 2.03 bits per heavy atom. The van der Waals surface area contributed by atoms with Gasteiger partial charge in [-0.25, -0.2) is 4.79 Å². The van der Waals surface area contributed by atoms with Gasteiger partial charge in [0.15, 0.2) is 5.72 Å². The predicted octanol–water partition coefficient (Wildman–Crippen LogP) is 0.791. The van der Waals surface area contributed by atoms with Crippen LogP contribution in [0.25, 0.3) is 0 Å². The SMILES string of the molecule is COC12[C@@H]3N[C@@H]3CN1C1=C(C(=O)C(Nc3ccc(S)cc3)=C(C)C1=O)[C@@H]2COC(N)=O. The second kappa shape index (κ2) is 6.84. The maximum Gasteiger partial charge on any atom is 0.404 e. The van der Waals surface area contributed by atoms with Crippen LogP contribution in [0.5, 0.6) is 0 Å². The quantitative estimate of drug-likeness (QED) is 0.299. The molecule has 9 nitrogen and oxygen atoms in total. The lowest BCUT2D eigenvalue weighted by Crippen LogP contribution is -2.55. The standard InChI is InChI=1S/C21H22N4O5S/c1-9-15(23-10-3-5-11(31)6-4-10)18(27)14-12(8-30-20(22)28)21(29-2)19-13(24-19)7-25(21)16(14)17(9)26/h3-6,12-13,19,23-24,31H,7-8H2,1-2H3,(H2,22,28)/t12-,13+,19+,21?/m0/s1. The van der Waals surface area contributed by atoms with Crippen molar-refractivity contribution in [3.63, 3.8) is 0 Å². The van der Waals surface area contributed by atoms with E-state index < -0.39 is 17.7 Å². The number of anilines is 1. The Bertz CT molecular complexity index is 1080. The number of carbonyl (C=O) groups excluding carboxylic acids is 3. The van der Waals surface area contributed by atoms with E-state index in [1.54, 1.807) is 38.3 Å². The molecule has 31 heavy (non-hydrogen) atoms. The number of rotatable bonds is 5. The number of hydrogen-bond acceptors (Lipinski definition) is 9. The summed E-state index contributed by atoms with van der Waals surface area (Å²) < 4.78 is 11.1. The van der Waals surface area contributed by atoms with Crippen LogP contribution in [0.3, 0.4) is 0 Å². The molecular formula is C21H22N4O5S. The number of primary amides is 1. The average molecular weight is 442 g/mol. The van der Waals surface area contributed by atoms with Gasteiger partial charge < -0.3 is 30.7 Å². The number of nitrogens with zero attached hydrogens (tertiary/aromatic N) is 1. The first kappa shape index (κ1) is 20.1. The van der Waals surface area contributed by atoms with Crippen molar-refractivity contribution in [2.75, 3.05) is 25.6 Å². The van der Waals surface area contributed by atoms with Crippen molar-refractivity contribution in [2.45, 2.75) is 29.6 Å². The van der Waals surface area contributed by atoms with E-state index in [1.165, 1.54) is 0 Å². The van der Waals surface area contributed by atoms with E-state index in [0.717, 1.165) is 4.90 Å². The molecule has 3 heterocycles. The molecule has 1 aliphatic carbocycles. The highest BCUT2D eigenvalue weighted by molar-refractivity contribution is 7.80. The molecule has 4 aliphatic rings. The number of methoxy groups -OCH3 is 1. The monoisotopic (exact) mass is 442 g/mol. The number of fused-ring (bicyclic) bond motifs is 4. The fraction of sp³-hybridized carbons (Fsp3) is 0.381. The number of piperazine rings is 1. The number of benzene rings is 1. The van der Waals surface area contributed by atoms with Gasteiger partial charge in [0.1, 0.15) is 6.61 Å².